The molecule has 11 rings (SSSR count). The molecule has 11 aromatic rings. The molecule has 3 heterocycles. The van der Waals surface area contributed by atoms with Crippen LogP contribution in [0.15, 0.2) is 192 Å². The summed E-state index contributed by atoms with van der Waals surface area (Å²) in [6.45, 7) is 0. The summed E-state index contributed by atoms with van der Waals surface area (Å²) in [5.74, 6) is 0.713. The predicted molar refractivity (Wildman–Crippen MR) is 231 cm³/mol. The molecule has 0 unspecified atom stereocenters. The number of hydrogen-bond acceptors (Lipinski definition) is 5. The van der Waals surface area contributed by atoms with Crippen molar-refractivity contribution in [2.75, 3.05) is 4.90 Å². The Morgan fingerprint density at radius 1 is 0.491 bits per heavy atom. The Bertz CT molecular complexity index is 3200. The van der Waals surface area contributed by atoms with Gasteiger partial charge in [0.1, 0.15) is 5.58 Å². The first-order valence-electron chi connectivity index (χ1n) is 18.4. The molecule has 258 valence electrons. The Balaban J connectivity index is 1.07. The number of aromatic nitrogens is 2. The van der Waals surface area contributed by atoms with Crippen molar-refractivity contribution >= 4 is 81.4 Å². The average molecular weight is 722 g/mol. The predicted octanol–water partition coefficient (Wildman–Crippen LogP) is 14.4. The fourth-order valence-electron chi connectivity index (χ4n) is 7.86. The minimum absolute atomic E-state index is 0.713. The van der Waals surface area contributed by atoms with E-state index in [1.165, 1.54) is 15.5 Å². The molecule has 0 saturated carbocycles. The summed E-state index contributed by atoms with van der Waals surface area (Å²) in [7, 11) is 0. The Labute approximate surface area is 321 Å². The van der Waals surface area contributed by atoms with Gasteiger partial charge in [0.25, 0.3) is 0 Å². The summed E-state index contributed by atoms with van der Waals surface area (Å²) in [6, 6.07) is 66.0. The number of thiophene rings is 1. The lowest BCUT2D eigenvalue weighted by Crippen LogP contribution is -2.10. The molecule has 5 heteroatoms. The van der Waals surface area contributed by atoms with E-state index in [0.29, 0.717) is 5.82 Å². The Kier molecular flexibility index (Phi) is 7.32. The number of nitrogens with zero attached hydrogens (tertiary/aromatic N) is 3. The molecule has 0 spiro atoms. The van der Waals surface area contributed by atoms with Crippen LogP contribution in [0.25, 0.3) is 86.8 Å². The Morgan fingerprint density at radius 2 is 1.18 bits per heavy atom. The van der Waals surface area contributed by atoms with Crippen molar-refractivity contribution in [3.05, 3.63) is 188 Å². The van der Waals surface area contributed by atoms with E-state index >= 15 is 0 Å². The number of anilines is 3. The Hall–Kier alpha value is -7.08. The van der Waals surface area contributed by atoms with Crippen LogP contribution in [0.2, 0.25) is 0 Å². The molecule has 0 bridgehead atoms. The van der Waals surface area contributed by atoms with Gasteiger partial charge < -0.3 is 9.32 Å². The number of rotatable bonds is 6. The van der Waals surface area contributed by atoms with Crippen molar-refractivity contribution in [3.63, 3.8) is 0 Å². The first kappa shape index (κ1) is 31.4. The van der Waals surface area contributed by atoms with Crippen molar-refractivity contribution in [3.8, 4) is 33.8 Å². The van der Waals surface area contributed by atoms with Crippen LogP contribution in [-0.2, 0) is 0 Å². The molecule has 0 fully saturated rings. The summed E-state index contributed by atoms with van der Waals surface area (Å²) in [4.78, 5) is 12.7. The third-order valence-corrected chi connectivity index (χ3v) is 11.6. The second-order valence-electron chi connectivity index (χ2n) is 13.8. The van der Waals surface area contributed by atoms with E-state index in [-0.39, 0.29) is 0 Å². The average Bonchev–Trinajstić information content (AvgIpc) is 3.84. The molecule has 8 aromatic carbocycles. The maximum atomic E-state index is 6.81. The van der Waals surface area contributed by atoms with Crippen molar-refractivity contribution < 1.29 is 4.42 Å². The molecule has 0 aliphatic heterocycles. The number of para-hydroxylation sites is 2. The quantitative estimate of drug-likeness (QED) is 0.171. The highest BCUT2D eigenvalue weighted by Crippen LogP contribution is 2.46. The summed E-state index contributed by atoms with van der Waals surface area (Å²) in [6.07, 6.45) is 0. The molecule has 0 aliphatic rings. The molecular weight excluding hydrogens is 691 g/mol. The number of hydrogen-bond donors (Lipinski definition) is 0. The minimum Gasteiger partial charge on any atom is -0.454 e. The number of furan rings is 1. The summed E-state index contributed by atoms with van der Waals surface area (Å²) >= 11 is 1.75. The molecular formula is C50H31N3OS. The molecule has 55 heavy (non-hydrogen) atoms. The molecule has 4 nitrogen and oxygen atoms in total. The SMILES string of the molecule is c1ccc(-c2nc(-c3ccc(-c4ccc(N(c5ccccc5)c5ccc6ccccc6c5)c5oc6ccccc6c45)cc3)nc3c2sc2ccccc23)cc1. The van der Waals surface area contributed by atoms with Gasteiger partial charge in [-0.15, -0.1) is 11.3 Å². The second kappa shape index (κ2) is 12.8. The number of fused-ring (bicyclic) bond motifs is 7. The van der Waals surface area contributed by atoms with E-state index in [1.807, 2.05) is 12.1 Å². The van der Waals surface area contributed by atoms with E-state index in [4.69, 9.17) is 14.4 Å². The molecule has 0 saturated heterocycles. The molecule has 0 aliphatic carbocycles. The Morgan fingerprint density at radius 3 is 2.02 bits per heavy atom. The van der Waals surface area contributed by atoms with Gasteiger partial charge in [0.15, 0.2) is 11.4 Å². The largest absolute Gasteiger partial charge is 0.454 e. The lowest BCUT2D eigenvalue weighted by Gasteiger charge is -2.26. The van der Waals surface area contributed by atoms with Gasteiger partial charge in [-0.2, -0.15) is 0 Å². The lowest BCUT2D eigenvalue weighted by atomic mass is 9.97. The third kappa shape index (κ3) is 5.28. The van der Waals surface area contributed by atoms with Crippen molar-refractivity contribution in [2.45, 2.75) is 0 Å². The highest BCUT2D eigenvalue weighted by molar-refractivity contribution is 7.26. The number of benzene rings is 8. The van der Waals surface area contributed by atoms with E-state index in [2.05, 4.69) is 181 Å². The second-order valence-corrected chi connectivity index (χ2v) is 14.8. The minimum atomic E-state index is 0.713. The van der Waals surface area contributed by atoms with Gasteiger partial charge in [-0.05, 0) is 64.4 Å². The maximum absolute atomic E-state index is 6.81. The normalized spacial score (nSPS) is 11.6. The third-order valence-electron chi connectivity index (χ3n) is 10.5. The highest BCUT2D eigenvalue weighted by atomic mass is 32.1. The van der Waals surface area contributed by atoms with E-state index < -0.39 is 0 Å². The van der Waals surface area contributed by atoms with Gasteiger partial charge in [-0.1, -0.05) is 146 Å². The summed E-state index contributed by atoms with van der Waals surface area (Å²) in [5.41, 5.74) is 11.0. The van der Waals surface area contributed by atoms with Crippen molar-refractivity contribution in [1.82, 2.24) is 9.97 Å². The zero-order chi connectivity index (χ0) is 36.3. The molecule has 3 aromatic heterocycles. The highest BCUT2D eigenvalue weighted by Gasteiger charge is 2.23. The van der Waals surface area contributed by atoms with Gasteiger partial charge in [0.2, 0.25) is 0 Å². The fraction of sp³-hybridized carbons (Fsp3) is 0. The standard InChI is InChI=1S/C50H31N3OS/c1-3-14-34(15-4-1)46-49-47(41-20-10-12-22-44(41)55-49)52-50(51-46)35-25-23-33(24-26-35)39-29-30-42(48-45(39)40-19-9-11-21-43(40)54-48)53(37-17-5-2-6-18-37)38-28-27-32-13-7-8-16-36(32)31-38/h1-31H. The zero-order valence-corrected chi connectivity index (χ0v) is 30.4. The summed E-state index contributed by atoms with van der Waals surface area (Å²) < 4.78 is 9.13. The van der Waals surface area contributed by atoms with E-state index in [0.717, 1.165) is 82.6 Å². The van der Waals surface area contributed by atoms with Gasteiger partial charge in [-0.25, -0.2) is 9.97 Å². The van der Waals surface area contributed by atoms with Crippen molar-refractivity contribution in [1.29, 1.82) is 0 Å². The van der Waals surface area contributed by atoms with Crippen molar-refractivity contribution in [2.24, 2.45) is 0 Å². The summed E-state index contributed by atoms with van der Waals surface area (Å²) in [5, 5.41) is 5.70. The lowest BCUT2D eigenvalue weighted by molar-refractivity contribution is 0.669. The van der Waals surface area contributed by atoms with Crippen LogP contribution >= 0.6 is 11.3 Å². The monoisotopic (exact) mass is 721 g/mol. The van der Waals surface area contributed by atoms with Crippen LogP contribution in [0.3, 0.4) is 0 Å². The fourth-order valence-corrected chi connectivity index (χ4v) is 9.02. The molecule has 0 N–H and O–H groups in total. The molecule has 0 amide bonds. The van der Waals surface area contributed by atoms with Crippen LogP contribution in [0.4, 0.5) is 17.1 Å². The molecule has 0 atom stereocenters. The van der Waals surface area contributed by atoms with Crippen LogP contribution in [-0.4, -0.2) is 9.97 Å². The smallest absolute Gasteiger partial charge is 0.160 e. The van der Waals surface area contributed by atoms with Gasteiger partial charge in [0.05, 0.1) is 21.6 Å². The van der Waals surface area contributed by atoms with Gasteiger partial charge in [0, 0.05) is 43.4 Å². The maximum Gasteiger partial charge on any atom is 0.160 e. The van der Waals surface area contributed by atoms with Crippen LogP contribution in [0.5, 0.6) is 0 Å². The van der Waals surface area contributed by atoms with Gasteiger partial charge in [-0.3, -0.25) is 0 Å². The first-order valence-corrected chi connectivity index (χ1v) is 19.2. The molecule has 0 radical (unpaired) electrons. The first-order chi connectivity index (χ1) is 27.3. The van der Waals surface area contributed by atoms with Crippen LogP contribution in [0.1, 0.15) is 0 Å². The zero-order valence-electron chi connectivity index (χ0n) is 29.6. The van der Waals surface area contributed by atoms with Gasteiger partial charge >= 0.3 is 0 Å². The van der Waals surface area contributed by atoms with E-state index in [1.54, 1.807) is 11.3 Å². The van der Waals surface area contributed by atoms with E-state index in [9.17, 15) is 0 Å². The van der Waals surface area contributed by atoms with Crippen LogP contribution in [0, 0.1) is 0 Å². The topological polar surface area (TPSA) is 42.2 Å². The van der Waals surface area contributed by atoms with Crippen LogP contribution < -0.4 is 4.90 Å².